The summed E-state index contributed by atoms with van der Waals surface area (Å²) in [5.41, 5.74) is 1.13. The second kappa shape index (κ2) is 27.3. The molecule has 21 heteroatoms. The molecule has 0 heterocycles. The third kappa shape index (κ3) is 21.9. The minimum absolute atomic E-state index is 0.0566. The molecule has 6 amide bonds. The van der Waals surface area contributed by atoms with Gasteiger partial charge in [-0.15, -0.1) is 0 Å². The first-order valence-electron chi connectivity index (χ1n) is 16.4. The number of carboxylic acid groups (broad SMARTS) is 2. The van der Waals surface area contributed by atoms with E-state index in [0.717, 1.165) is 23.5 Å². The molecular weight excluding hydrogens is 828 g/mol. The van der Waals surface area contributed by atoms with Crippen molar-refractivity contribution >= 4 is 108 Å². The molecule has 0 aliphatic heterocycles. The summed E-state index contributed by atoms with van der Waals surface area (Å²) in [7, 11) is 0. The number of carbonyl (C=O) groups excluding carboxylic acids is 8. The Balaban J connectivity index is 0.000000550. The summed E-state index contributed by atoms with van der Waals surface area (Å²) in [5.74, 6) is -5.43. The fourth-order valence-corrected chi connectivity index (χ4v) is 5.34. The molecular formula is C34H41BrN6O12S2. The van der Waals surface area contributed by atoms with Crippen LogP contribution in [-0.2, 0) is 38.4 Å². The van der Waals surface area contributed by atoms with Crippen LogP contribution in [0.2, 0.25) is 0 Å². The third-order valence-corrected chi connectivity index (χ3v) is 8.93. The van der Waals surface area contributed by atoms with Gasteiger partial charge in [-0.2, -0.15) is 0 Å². The van der Waals surface area contributed by atoms with E-state index < -0.39 is 23.8 Å². The standard InChI is InChI=1S/C17H20BrN3O6S.C17H21N3O6S/c18-10-13(22)19-7-1-9-28-14(23)6-8-20-15(24)11-2-4-12(5-3-11)21-16(25)17(26)27;1-2-13(21)18-9-10-27-14(22)7-8-19-15(23)11-3-5-12(6-4-11)20-16(24)17(25)26/h2-5H,1,6-10H2,(H,19,22)(H,20,24)(H,21,25)(H,26,27);3-6H,2,7-10H2,1H3,(H,18,21)(H,19,23)(H,20,24)(H,25,26). The van der Waals surface area contributed by atoms with E-state index in [1.54, 1.807) is 6.92 Å². The number of carbonyl (C=O) groups is 10. The molecule has 0 unspecified atom stereocenters. The van der Waals surface area contributed by atoms with Crippen LogP contribution >= 0.6 is 39.5 Å². The molecule has 0 aliphatic carbocycles. The number of nitrogens with one attached hydrogen (secondary N) is 6. The van der Waals surface area contributed by atoms with Crippen LogP contribution < -0.4 is 31.9 Å². The summed E-state index contributed by atoms with van der Waals surface area (Å²) < 4.78 is 0. The van der Waals surface area contributed by atoms with Gasteiger partial charge in [0, 0.05) is 79.4 Å². The lowest BCUT2D eigenvalue weighted by Crippen LogP contribution is -2.26. The van der Waals surface area contributed by atoms with Crippen LogP contribution in [0.15, 0.2) is 48.5 Å². The maximum atomic E-state index is 12.0. The molecule has 18 nitrogen and oxygen atoms in total. The smallest absolute Gasteiger partial charge is 0.394 e. The van der Waals surface area contributed by atoms with Crippen LogP contribution in [0, 0.1) is 0 Å². The van der Waals surface area contributed by atoms with Gasteiger partial charge in [0.25, 0.3) is 11.8 Å². The Hall–Kier alpha value is -5.28. The maximum absolute atomic E-state index is 12.0. The molecule has 0 atom stereocenters. The van der Waals surface area contributed by atoms with Gasteiger partial charge in [0.1, 0.15) is 0 Å². The van der Waals surface area contributed by atoms with Crippen LogP contribution in [0.25, 0.3) is 0 Å². The monoisotopic (exact) mass is 868 g/mol. The number of aliphatic carboxylic acids is 2. The minimum atomic E-state index is -1.60. The molecule has 2 rings (SSSR count). The maximum Gasteiger partial charge on any atom is 0.394 e. The highest BCUT2D eigenvalue weighted by Crippen LogP contribution is 2.12. The summed E-state index contributed by atoms with van der Waals surface area (Å²) in [6.45, 7) is 3.02. The number of thioether (sulfide) groups is 2. The molecule has 0 spiro atoms. The van der Waals surface area contributed by atoms with Crippen molar-refractivity contribution in [2.75, 3.05) is 53.6 Å². The van der Waals surface area contributed by atoms with Crippen molar-refractivity contribution in [1.82, 2.24) is 21.3 Å². The minimum Gasteiger partial charge on any atom is -0.474 e. The quantitative estimate of drug-likeness (QED) is 0.0566. The fraction of sp³-hybridized carbons (Fsp3) is 0.353. The van der Waals surface area contributed by atoms with Gasteiger partial charge in [-0.25, -0.2) is 9.59 Å². The van der Waals surface area contributed by atoms with E-state index in [-0.39, 0.29) is 76.5 Å². The summed E-state index contributed by atoms with van der Waals surface area (Å²) >= 11 is 5.28. The molecule has 0 aromatic heterocycles. The van der Waals surface area contributed by atoms with E-state index in [4.69, 9.17) is 10.2 Å². The van der Waals surface area contributed by atoms with E-state index in [1.807, 2.05) is 0 Å². The zero-order valence-corrected chi connectivity index (χ0v) is 32.8. The summed E-state index contributed by atoms with van der Waals surface area (Å²) in [5, 5.41) is 32.0. The van der Waals surface area contributed by atoms with Gasteiger partial charge in [0.05, 0.1) is 5.33 Å². The fourth-order valence-electron chi connectivity index (χ4n) is 3.70. The molecule has 0 saturated heterocycles. The van der Waals surface area contributed by atoms with Crippen LogP contribution in [0.4, 0.5) is 11.4 Å². The van der Waals surface area contributed by atoms with E-state index in [1.165, 1.54) is 48.5 Å². The molecule has 0 radical (unpaired) electrons. The van der Waals surface area contributed by atoms with Gasteiger partial charge >= 0.3 is 23.8 Å². The number of anilines is 2. The SMILES string of the molecule is CCC(=O)NCCSC(=O)CCNC(=O)c1ccc(NC(=O)C(=O)O)cc1.O=C(CBr)NCCCSC(=O)CCNC(=O)c1ccc(NC(=O)C(=O)O)cc1. The van der Waals surface area contributed by atoms with Crippen molar-refractivity contribution in [2.45, 2.75) is 32.6 Å². The Labute approximate surface area is 332 Å². The van der Waals surface area contributed by atoms with Crippen molar-refractivity contribution < 1.29 is 58.2 Å². The second-order valence-corrected chi connectivity index (χ2v) is 13.5. The van der Waals surface area contributed by atoms with E-state index in [0.29, 0.717) is 48.6 Å². The number of carboxylic acids is 2. The highest BCUT2D eigenvalue weighted by Gasteiger charge is 2.14. The molecule has 0 bridgehead atoms. The molecule has 0 saturated carbocycles. The van der Waals surface area contributed by atoms with Crippen molar-refractivity contribution in [2.24, 2.45) is 0 Å². The number of alkyl halides is 1. The predicted octanol–water partition coefficient (Wildman–Crippen LogP) is 1.61. The van der Waals surface area contributed by atoms with Crippen LogP contribution in [0.5, 0.6) is 0 Å². The summed E-state index contributed by atoms with van der Waals surface area (Å²) in [6.07, 6.45) is 1.41. The Kier molecular flexibility index (Phi) is 23.7. The Bertz CT molecular complexity index is 1680. The van der Waals surface area contributed by atoms with Gasteiger partial charge in [-0.05, 0) is 55.0 Å². The van der Waals surface area contributed by atoms with E-state index >= 15 is 0 Å². The zero-order valence-electron chi connectivity index (χ0n) is 29.6. The first-order valence-corrected chi connectivity index (χ1v) is 19.5. The average molecular weight is 870 g/mol. The van der Waals surface area contributed by atoms with Gasteiger partial charge in [-0.1, -0.05) is 46.4 Å². The van der Waals surface area contributed by atoms with Crippen molar-refractivity contribution in [3.63, 3.8) is 0 Å². The lowest BCUT2D eigenvalue weighted by atomic mass is 10.2. The van der Waals surface area contributed by atoms with Crippen LogP contribution in [0.3, 0.4) is 0 Å². The number of amides is 6. The molecule has 0 aliphatic rings. The first-order chi connectivity index (χ1) is 26.2. The summed E-state index contributed by atoms with van der Waals surface area (Å²) in [4.78, 5) is 112. The van der Waals surface area contributed by atoms with Gasteiger partial charge in [0.15, 0.2) is 10.2 Å². The van der Waals surface area contributed by atoms with Gasteiger partial charge in [0.2, 0.25) is 11.8 Å². The largest absolute Gasteiger partial charge is 0.474 e. The number of rotatable bonds is 19. The number of hydrogen-bond acceptors (Lipinski definition) is 12. The average Bonchev–Trinajstić information content (AvgIpc) is 3.16. The number of benzene rings is 2. The first kappa shape index (κ1) is 47.7. The third-order valence-electron chi connectivity index (χ3n) is 6.46. The Morgan fingerprint density at radius 3 is 1.38 bits per heavy atom. The predicted molar refractivity (Wildman–Crippen MR) is 209 cm³/mol. The molecule has 2 aromatic rings. The van der Waals surface area contributed by atoms with Crippen molar-refractivity contribution in [3.8, 4) is 0 Å². The highest BCUT2D eigenvalue weighted by atomic mass is 79.9. The Morgan fingerprint density at radius 2 is 0.982 bits per heavy atom. The molecule has 2 aromatic carbocycles. The van der Waals surface area contributed by atoms with Crippen molar-refractivity contribution in [3.05, 3.63) is 59.7 Å². The van der Waals surface area contributed by atoms with Gasteiger partial charge < -0.3 is 42.1 Å². The van der Waals surface area contributed by atoms with Gasteiger partial charge in [-0.3, -0.25) is 38.4 Å². The van der Waals surface area contributed by atoms with Crippen molar-refractivity contribution in [1.29, 1.82) is 0 Å². The number of halogens is 1. The second-order valence-electron chi connectivity index (χ2n) is 10.7. The van der Waals surface area contributed by atoms with E-state index in [9.17, 15) is 47.9 Å². The van der Waals surface area contributed by atoms with Crippen LogP contribution in [-0.4, -0.2) is 111 Å². The molecule has 55 heavy (non-hydrogen) atoms. The van der Waals surface area contributed by atoms with Crippen LogP contribution in [0.1, 0.15) is 53.3 Å². The topological polar surface area (TPSA) is 283 Å². The highest BCUT2D eigenvalue weighted by molar-refractivity contribution is 9.09. The molecule has 8 N–H and O–H groups in total. The van der Waals surface area contributed by atoms with E-state index in [2.05, 4.69) is 47.8 Å². The normalized spacial score (nSPS) is 10.0. The summed E-state index contributed by atoms with van der Waals surface area (Å²) in [6, 6.07) is 11.4. The Morgan fingerprint density at radius 1 is 0.564 bits per heavy atom. The molecule has 0 fully saturated rings. The molecule has 298 valence electrons. The lowest BCUT2D eigenvalue weighted by molar-refractivity contribution is -0.147. The lowest BCUT2D eigenvalue weighted by Gasteiger charge is -2.07. The number of hydrogen-bond donors (Lipinski definition) is 8. The zero-order chi connectivity index (χ0) is 41.2.